The van der Waals surface area contributed by atoms with E-state index in [0.717, 1.165) is 12.8 Å². The summed E-state index contributed by atoms with van der Waals surface area (Å²) in [5, 5.41) is 8.55. The van der Waals surface area contributed by atoms with Crippen molar-refractivity contribution in [2.45, 2.75) is 129 Å². The van der Waals surface area contributed by atoms with Gasteiger partial charge in [0.15, 0.2) is 0 Å². The molecule has 0 aromatic heterocycles. The van der Waals surface area contributed by atoms with Crippen LogP contribution in [0.1, 0.15) is 122 Å². The number of unbranched alkanes of at least 4 members (excludes halogenated alkanes) is 14. The van der Waals surface area contributed by atoms with E-state index < -0.39 is 23.9 Å². The summed E-state index contributed by atoms with van der Waals surface area (Å²) in [6, 6.07) is -1.06. The number of aliphatic carboxylic acids is 1. The Labute approximate surface area is 233 Å². The van der Waals surface area contributed by atoms with E-state index in [-0.39, 0.29) is 78.4 Å². The third kappa shape index (κ3) is 26.7. The van der Waals surface area contributed by atoms with Crippen molar-refractivity contribution < 1.29 is 24.2 Å². The summed E-state index contributed by atoms with van der Waals surface area (Å²) in [7, 11) is 0. The first-order valence-electron chi connectivity index (χ1n) is 11.7. The molecule has 1 unspecified atom stereocenters. The molecule has 0 aliphatic rings. The number of carboxylic acids is 1. The third-order valence-electron chi connectivity index (χ3n) is 5.17. The molecule has 0 heterocycles. The van der Waals surface area contributed by atoms with Crippen molar-refractivity contribution in [2.75, 3.05) is 0 Å². The Balaban J connectivity index is -0.00000392. The van der Waals surface area contributed by atoms with E-state index in [2.05, 4.69) is 11.7 Å². The molecule has 0 radical (unpaired) electrons. The number of nitrogens with two attached hydrogens (primary N) is 1. The van der Waals surface area contributed by atoms with Crippen LogP contribution in [-0.4, -0.2) is 88.2 Å². The molecule has 0 aliphatic heterocycles. The van der Waals surface area contributed by atoms with Gasteiger partial charge < -0.3 is 15.6 Å². The van der Waals surface area contributed by atoms with E-state index in [4.69, 9.17) is 10.8 Å². The van der Waals surface area contributed by atoms with Gasteiger partial charge in [-0.05, 0) is 12.8 Å². The molecule has 0 bridgehead atoms. The van der Waals surface area contributed by atoms with Crippen LogP contribution >= 0.6 is 0 Å². The van der Waals surface area contributed by atoms with E-state index in [9.17, 15) is 14.4 Å². The van der Waals surface area contributed by atoms with Gasteiger partial charge in [-0.3, -0.25) is 9.59 Å². The van der Waals surface area contributed by atoms with Gasteiger partial charge in [-0.25, -0.2) is 4.79 Å². The monoisotopic (exact) mass is 461 g/mol. The Morgan fingerprint density at radius 1 is 0.710 bits per heavy atom. The van der Waals surface area contributed by atoms with Crippen molar-refractivity contribution in [3.8, 4) is 0 Å². The molecule has 0 aromatic rings. The van der Waals surface area contributed by atoms with E-state index in [1.54, 1.807) is 0 Å². The van der Waals surface area contributed by atoms with Crippen LogP contribution in [0.2, 0.25) is 0 Å². The fourth-order valence-corrected chi connectivity index (χ4v) is 3.28. The van der Waals surface area contributed by atoms with Crippen LogP contribution in [0.25, 0.3) is 0 Å². The second-order valence-electron chi connectivity index (χ2n) is 8.03. The van der Waals surface area contributed by atoms with Crippen LogP contribution in [0, 0.1) is 0 Å². The molecule has 0 rings (SSSR count). The fraction of sp³-hybridized carbons (Fsp3) is 0.870. The summed E-state index contributed by atoms with van der Waals surface area (Å²) >= 11 is 0. The van der Waals surface area contributed by atoms with Crippen molar-refractivity contribution in [2.24, 2.45) is 5.73 Å². The van der Waals surface area contributed by atoms with E-state index in [1.165, 1.54) is 77.0 Å². The zero-order chi connectivity index (χ0) is 21.7. The Morgan fingerprint density at radius 3 is 1.48 bits per heavy atom. The first-order chi connectivity index (χ1) is 14.0. The molecule has 3 N–H and O–H groups in total. The quantitative estimate of drug-likeness (QED) is 0.122. The molecular formula is C23H45NNa2O5. The number of carbonyl (C=O) groups excluding carboxylic acids is 2. The standard InChI is InChI=1S/C23H43NO5.2Na.2H/c1-2-3-4-5-6-7-8-9-10-11-12-13-14-15-16-17-22(27)29-23(28)20(24)18-19-21(25)26;;;;/h20H,2-19,24H2,1H3,(H,25,26);;;;. The molecule has 1 atom stereocenters. The summed E-state index contributed by atoms with van der Waals surface area (Å²) < 4.78 is 4.67. The maximum absolute atomic E-state index is 11.6. The summed E-state index contributed by atoms with van der Waals surface area (Å²) in [6.45, 7) is 2.25. The molecule has 0 spiro atoms. The predicted octanol–water partition coefficient (Wildman–Crippen LogP) is 4.21. The van der Waals surface area contributed by atoms with Crippen molar-refractivity contribution in [1.82, 2.24) is 0 Å². The first-order valence-corrected chi connectivity index (χ1v) is 11.7. The normalized spacial score (nSPS) is 11.2. The van der Waals surface area contributed by atoms with Crippen LogP contribution in [0.3, 0.4) is 0 Å². The van der Waals surface area contributed by atoms with E-state index in [0.29, 0.717) is 6.42 Å². The summed E-state index contributed by atoms with van der Waals surface area (Å²) in [4.78, 5) is 33.6. The maximum atomic E-state index is 11.6. The molecule has 0 saturated carbocycles. The minimum atomic E-state index is -1.06. The average molecular weight is 462 g/mol. The number of ether oxygens (including phenoxy) is 1. The van der Waals surface area contributed by atoms with Gasteiger partial charge in [-0.1, -0.05) is 96.8 Å². The first kappa shape index (κ1) is 36.1. The molecule has 0 aliphatic carbocycles. The van der Waals surface area contributed by atoms with Crippen molar-refractivity contribution in [3.05, 3.63) is 0 Å². The second-order valence-corrected chi connectivity index (χ2v) is 8.03. The Kier molecular flexibility index (Phi) is 31.3. The number of hydrogen-bond acceptors (Lipinski definition) is 5. The van der Waals surface area contributed by atoms with Crippen LogP contribution in [0.5, 0.6) is 0 Å². The fourth-order valence-electron chi connectivity index (χ4n) is 3.28. The Hall–Kier alpha value is 0.570. The van der Waals surface area contributed by atoms with Crippen molar-refractivity contribution in [1.29, 1.82) is 0 Å². The molecule has 174 valence electrons. The number of carboxylic acid groups (broad SMARTS) is 1. The number of hydrogen-bond donors (Lipinski definition) is 2. The van der Waals surface area contributed by atoms with Crippen molar-refractivity contribution >= 4 is 77.0 Å². The molecular weight excluding hydrogens is 416 g/mol. The summed E-state index contributed by atoms with van der Waals surface area (Å²) in [5.41, 5.74) is 5.51. The van der Waals surface area contributed by atoms with Crippen LogP contribution in [0.4, 0.5) is 0 Å². The van der Waals surface area contributed by atoms with Gasteiger partial charge in [0.05, 0.1) is 0 Å². The molecule has 0 saturated heterocycles. The Morgan fingerprint density at radius 2 is 1.10 bits per heavy atom. The van der Waals surface area contributed by atoms with Gasteiger partial charge in [0.25, 0.3) is 0 Å². The van der Waals surface area contributed by atoms with Crippen LogP contribution < -0.4 is 5.73 Å². The summed E-state index contributed by atoms with van der Waals surface area (Å²) in [6.07, 6.45) is 18.7. The molecule has 6 nitrogen and oxygen atoms in total. The topological polar surface area (TPSA) is 107 Å². The SMILES string of the molecule is CCCCCCCCCCCCCCCCCC(=O)OC(=O)C(N)CCC(=O)O.[NaH].[NaH]. The van der Waals surface area contributed by atoms with Gasteiger partial charge in [-0.2, -0.15) is 0 Å². The predicted molar refractivity (Wildman–Crippen MR) is 130 cm³/mol. The minimum absolute atomic E-state index is 0. The molecule has 0 aromatic carbocycles. The average Bonchev–Trinajstić information content (AvgIpc) is 2.68. The summed E-state index contributed by atoms with van der Waals surface area (Å²) in [5.74, 6) is -2.44. The molecule has 8 heteroatoms. The van der Waals surface area contributed by atoms with E-state index in [1.807, 2.05) is 0 Å². The van der Waals surface area contributed by atoms with Crippen LogP contribution in [-0.2, 0) is 19.1 Å². The molecule has 0 fully saturated rings. The zero-order valence-electron chi connectivity index (χ0n) is 18.5. The second kappa shape index (κ2) is 26.8. The van der Waals surface area contributed by atoms with Crippen LogP contribution in [0.15, 0.2) is 0 Å². The van der Waals surface area contributed by atoms with Gasteiger partial charge in [0.1, 0.15) is 6.04 Å². The number of esters is 2. The molecule has 31 heavy (non-hydrogen) atoms. The zero-order valence-corrected chi connectivity index (χ0v) is 18.5. The van der Waals surface area contributed by atoms with Crippen molar-refractivity contribution in [3.63, 3.8) is 0 Å². The Bertz CT molecular complexity index is 450. The number of carbonyl (C=O) groups is 3. The van der Waals surface area contributed by atoms with Gasteiger partial charge in [0.2, 0.25) is 0 Å². The van der Waals surface area contributed by atoms with Gasteiger partial charge in [-0.15, -0.1) is 0 Å². The third-order valence-corrected chi connectivity index (χ3v) is 5.17. The van der Waals surface area contributed by atoms with Gasteiger partial charge in [0, 0.05) is 12.8 Å². The molecule has 0 amide bonds. The number of rotatable bonds is 20. The van der Waals surface area contributed by atoms with E-state index >= 15 is 0 Å². The van der Waals surface area contributed by atoms with Gasteiger partial charge >= 0.3 is 77.0 Å².